The van der Waals surface area contributed by atoms with Crippen LogP contribution in [0.2, 0.25) is 0 Å². The Kier molecular flexibility index (Phi) is 3.49. The van der Waals surface area contributed by atoms with E-state index in [4.69, 9.17) is 14.6 Å². The molecule has 17 heavy (non-hydrogen) atoms. The third-order valence-electron chi connectivity index (χ3n) is 3.19. The topological polar surface area (TPSA) is 82.7 Å². The lowest BCUT2D eigenvalue weighted by atomic mass is 9.82. The summed E-state index contributed by atoms with van der Waals surface area (Å²) in [6, 6.07) is 3.13. The van der Waals surface area contributed by atoms with Gasteiger partial charge in [0.05, 0.1) is 12.1 Å². The fourth-order valence-electron chi connectivity index (χ4n) is 2.01. The maximum atomic E-state index is 10.7. The largest absolute Gasteiger partial charge is 0.475 e. The lowest BCUT2D eigenvalue weighted by molar-refractivity contribution is 0.0417. The summed E-state index contributed by atoms with van der Waals surface area (Å²) in [7, 11) is 0. The average molecular weight is 239 g/mol. The highest BCUT2D eigenvalue weighted by atomic mass is 16.4. The van der Waals surface area contributed by atoms with E-state index in [1.807, 2.05) is 6.92 Å². The number of hydrogen-bond acceptors (Lipinski definition) is 4. The van der Waals surface area contributed by atoms with Gasteiger partial charge in [0, 0.05) is 0 Å². The summed E-state index contributed by atoms with van der Waals surface area (Å²) in [4.78, 5) is 10.7. The molecule has 1 atom stereocenters. The zero-order chi connectivity index (χ0) is 12.4. The summed E-state index contributed by atoms with van der Waals surface area (Å²) in [5.41, 5.74) is 0. The fraction of sp³-hybridized carbons (Fsp3) is 0.583. The van der Waals surface area contributed by atoms with Gasteiger partial charge < -0.3 is 19.9 Å². The smallest absolute Gasteiger partial charge is 0.371 e. The van der Waals surface area contributed by atoms with Crippen molar-refractivity contribution in [3.63, 3.8) is 0 Å². The number of rotatable bonds is 5. The third kappa shape index (κ3) is 2.87. The van der Waals surface area contributed by atoms with Crippen LogP contribution in [0.4, 0.5) is 0 Å². The molecule has 1 aromatic heterocycles. The van der Waals surface area contributed by atoms with Crippen molar-refractivity contribution < 1.29 is 19.4 Å². The summed E-state index contributed by atoms with van der Waals surface area (Å²) in [6.45, 7) is 2.75. The molecule has 0 aliphatic heterocycles. The zero-order valence-electron chi connectivity index (χ0n) is 9.72. The molecule has 1 heterocycles. The second kappa shape index (κ2) is 4.89. The molecule has 3 N–H and O–H groups in total. The summed E-state index contributed by atoms with van der Waals surface area (Å²) in [5, 5.41) is 21.2. The first-order valence-corrected chi connectivity index (χ1v) is 5.80. The monoisotopic (exact) mass is 239 g/mol. The maximum Gasteiger partial charge on any atom is 0.371 e. The van der Waals surface area contributed by atoms with Gasteiger partial charge in [-0.3, -0.25) is 0 Å². The molecule has 0 saturated heterocycles. The van der Waals surface area contributed by atoms with Gasteiger partial charge in [-0.2, -0.15) is 0 Å². The molecule has 94 valence electrons. The van der Waals surface area contributed by atoms with E-state index in [0.29, 0.717) is 11.7 Å². The van der Waals surface area contributed by atoms with E-state index in [9.17, 15) is 4.79 Å². The molecule has 0 radical (unpaired) electrons. The van der Waals surface area contributed by atoms with Gasteiger partial charge in [-0.05, 0) is 44.4 Å². The molecule has 5 heteroatoms. The van der Waals surface area contributed by atoms with E-state index in [2.05, 4.69) is 5.32 Å². The van der Waals surface area contributed by atoms with Gasteiger partial charge in [-0.25, -0.2) is 4.79 Å². The van der Waals surface area contributed by atoms with Crippen LogP contribution in [-0.4, -0.2) is 28.8 Å². The molecule has 0 amide bonds. The number of carboxylic acids is 1. The number of aliphatic hydroxyl groups is 1. The molecule has 1 aliphatic rings. The Hall–Kier alpha value is -1.33. The number of aliphatic hydroxyl groups excluding tert-OH is 1. The quantitative estimate of drug-likeness (QED) is 0.723. The van der Waals surface area contributed by atoms with E-state index in [1.54, 1.807) is 6.07 Å². The number of carboxylic acid groups (broad SMARTS) is 1. The Labute approximate surface area is 99.4 Å². The minimum Gasteiger partial charge on any atom is -0.475 e. The predicted molar refractivity (Wildman–Crippen MR) is 60.8 cm³/mol. The molecule has 1 aromatic rings. The maximum absolute atomic E-state index is 10.7. The van der Waals surface area contributed by atoms with Crippen molar-refractivity contribution in [2.24, 2.45) is 5.92 Å². The Balaban J connectivity index is 1.82. The van der Waals surface area contributed by atoms with Crippen LogP contribution in [0.1, 0.15) is 42.1 Å². The SMILES string of the molecule is CC(NCC1CC(O)C1)c1ccc(C(=O)O)o1. The van der Waals surface area contributed by atoms with Gasteiger partial charge in [0.1, 0.15) is 5.76 Å². The zero-order valence-corrected chi connectivity index (χ0v) is 9.72. The van der Waals surface area contributed by atoms with Gasteiger partial charge in [-0.15, -0.1) is 0 Å². The van der Waals surface area contributed by atoms with Crippen LogP contribution < -0.4 is 5.32 Å². The molecule has 1 saturated carbocycles. The van der Waals surface area contributed by atoms with Crippen LogP contribution in [0.15, 0.2) is 16.5 Å². The number of hydrogen-bond donors (Lipinski definition) is 3. The van der Waals surface area contributed by atoms with Gasteiger partial charge in [0.2, 0.25) is 5.76 Å². The molecule has 5 nitrogen and oxygen atoms in total. The van der Waals surface area contributed by atoms with Gasteiger partial charge in [0.15, 0.2) is 0 Å². The Morgan fingerprint density at radius 3 is 2.82 bits per heavy atom. The third-order valence-corrected chi connectivity index (χ3v) is 3.19. The molecule has 1 fully saturated rings. The molecule has 0 spiro atoms. The van der Waals surface area contributed by atoms with E-state index in [0.717, 1.165) is 19.4 Å². The van der Waals surface area contributed by atoms with Gasteiger partial charge in [0.25, 0.3) is 0 Å². The number of carbonyl (C=O) groups is 1. The second-order valence-corrected chi connectivity index (χ2v) is 4.63. The van der Waals surface area contributed by atoms with E-state index in [-0.39, 0.29) is 17.9 Å². The first-order valence-electron chi connectivity index (χ1n) is 5.80. The summed E-state index contributed by atoms with van der Waals surface area (Å²) in [6.07, 6.45) is 1.55. The summed E-state index contributed by atoms with van der Waals surface area (Å²) >= 11 is 0. The van der Waals surface area contributed by atoms with Crippen LogP contribution in [-0.2, 0) is 0 Å². The fourth-order valence-corrected chi connectivity index (χ4v) is 2.01. The molecule has 1 unspecified atom stereocenters. The normalized spacial score (nSPS) is 25.3. The highest BCUT2D eigenvalue weighted by Gasteiger charge is 2.27. The van der Waals surface area contributed by atoms with Crippen molar-refractivity contribution in [3.05, 3.63) is 23.7 Å². The lowest BCUT2D eigenvalue weighted by Crippen LogP contribution is -2.36. The minimum absolute atomic E-state index is 0.0131. The summed E-state index contributed by atoms with van der Waals surface area (Å²) in [5.74, 6) is 0.0573. The summed E-state index contributed by atoms with van der Waals surface area (Å²) < 4.78 is 5.20. The van der Waals surface area contributed by atoms with E-state index < -0.39 is 5.97 Å². The second-order valence-electron chi connectivity index (χ2n) is 4.63. The average Bonchev–Trinajstić information content (AvgIpc) is 2.71. The van der Waals surface area contributed by atoms with Crippen LogP contribution >= 0.6 is 0 Å². The minimum atomic E-state index is -1.05. The van der Waals surface area contributed by atoms with Crippen molar-refractivity contribution in [2.75, 3.05) is 6.54 Å². The van der Waals surface area contributed by atoms with Crippen molar-refractivity contribution in [3.8, 4) is 0 Å². The van der Waals surface area contributed by atoms with Crippen LogP contribution in [0, 0.1) is 5.92 Å². The Bertz CT molecular complexity index is 395. The molecular formula is C12H17NO4. The van der Waals surface area contributed by atoms with Gasteiger partial charge in [-0.1, -0.05) is 0 Å². The van der Waals surface area contributed by atoms with Crippen LogP contribution in [0.25, 0.3) is 0 Å². The van der Waals surface area contributed by atoms with Crippen molar-refractivity contribution in [2.45, 2.75) is 31.9 Å². The first kappa shape index (κ1) is 12.1. The van der Waals surface area contributed by atoms with E-state index in [1.165, 1.54) is 6.07 Å². The first-order chi connectivity index (χ1) is 8.06. The molecule has 2 rings (SSSR count). The number of furan rings is 1. The number of nitrogens with one attached hydrogen (secondary N) is 1. The van der Waals surface area contributed by atoms with Crippen LogP contribution in [0.5, 0.6) is 0 Å². The Morgan fingerprint density at radius 1 is 1.59 bits per heavy atom. The van der Waals surface area contributed by atoms with E-state index >= 15 is 0 Å². The Morgan fingerprint density at radius 2 is 2.29 bits per heavy atom. The lowest BCUT2D eigenvalue weighted by Gasteiger charge is -2.32. The highest BCUT2D eigenvalue weighted by molar-refractivity contribution is 5.84. The number of aromatic carboxylic acids is 1. The molecule has 1 aliphatic carbocycles. The van der Waals surface area contributed by atoms with Crippen molar-refractivity contribution in [1.82, 2.24) is 5.32 Å². The standard InChI is InChI=1S/C12H17NO4/c1-7(13-6-8-4-9(14)5-8)10-2-3-11(17-10)12(15)16/h2-3,7-9,13-14H,4-6H2,1H3,(H,15,16). The van der Waals surface area contributed by atoms with Crippen molar-refractivity contribution >= 4 is 5.97 Å². The molecular weight excluding hydrogens is 222 g/mol. The highest BCUT2D eigenvalue weighted by Crippen LogP contribution is 2.27. The molecule has 0 aromatic carbocycles. The van der Waals surface area contributed by atoms with Crippen molar-refractivity contribution in [1.29, 1.82) is 0 Å². The van der Waals surface area contributed by atoms with Crippen LogP contribution in [0.3, 0.4) is 0 Å². The van der Waals surface area contributed by atoms with Gasteiger partial charge >= 0.3 is 5.97 Å². The predicted octanol–water partition coefficient (Wildman–Crippen LogP) is 1.40. The molecule has 0 bridgehead atoms.